The van der Waals surface area contributed by atoms with Gasteiger partial charge in [-0.1, -0.05) is 67.5 Å². The lowest BCUT2D eigenvalue weighted by Gasteiger charge is -2.36. The number of rotatable bonds is 9. The van der Waals surface area contributed by atoms with Gasteiger partial charge in [-0.3, -0.25) is 9.69 Å². The number of likely N-dealkylation sites (N-methyl/N-ethyl adjacent to an activating group) is 1. The van der Waals surface area contributed by atoms with E-state index >= 15 is 0 Å². The van der Waals surface area contributed by atoms with Gasteiger partial charge in [-0.25, -0.2) is 4.79 Å². The molecule has 1 aromatic rings. The van der Waals surface area contributed by atoms with Crippen LogP contribution in [0.1, 0.15) is 59.4 Å². The van der Waals surface area contributed by atoms with Gasteiger partial charge in [0, 0.05) is 11.6 Å². The molecule has 3 N–H and O–H groups in total. The van der Waals surface area contributed by atoms with Crippen molar-refractivity contribution in [2.45, 2.75) is 59.5 Å². The van der Waals surface area contributed by atoms with Crippen LogP contribution in [0.15, 0.2) is 83.0 Å². The summed E-state index contributed by atoms with van der Waals surface area (Å²) in [5.74, 6) is -1.90. The maximum atomic E-state index is 12.8. The van der Waals surface area contributed by atoms with E-state index in [1.807, 2.05) is 19.1 Å². The highest BCUT2D eigenvalue weighted by Crippen LogP contribution is 2.40. The Morgan fingerprint density at radius 1 is 1.14 bits per heavy atom. The third-order valence-corrected chi connectivity index (χ3v) is 6.68. The number of nitrogens with zero attached hydrogens (tertiary/aromatic N) is 1. The van der Waals surface area contributed by atoms with Gasteiger partial charge in [-0.05, 0) is 82.8 Å². The Kier molecular flexibility index (Phi) is 9.65. The Hall–Kier alpha value is -3.38. The second kappa shape index (κ2) is 12.0. The summed E-state index contributed by atoms with van der Waals surface area (Å²) < 4.78 is 0. The van der Waals surface area contributed by atoms with Crippen LogP contribution in [0.4, 0.5) is 0 Å². The summed E-state index contributed by atoms with van der Waals surface area (Å²) in [5, 5.41) is 22.5. The number of phenolic OH excluding ortho intramolecular Hbond substituents is 1. The maximum Gasteiger partial charge on any atom is 0.349 e. The lowest BCUT2D eigenvalue weighted by Crippen LogP contribution is -2.60. The van der Waals surface area contributed by atoms with Crippen LogP contribution in [-0.4, -0.2) is 41.1 Å². The highest BCUT2D eigenvalue weighted by molar-refractivity contribution is 5.94. The molecule has 1 aromatic carbocycles. The van der Waals surface area contributed by atoms with E-state index in [1.165, 1.54) is 53.2 Å². The topological polar surface area (TPSA) is 89.9 Å². The fourth-order valence-electron chi connectivity index (χ4n) is 4.64. The third kappa shape index (κ3) is 7.08. The minimum absolute atomic E-state index is 0.0846. The molecule has 0 aromatic heterocycles. The molecule has 36 heavy (non-hydrogen) atoms. The molecule has 6 heteroatoms. The first-order valence-electron chi connectivity index (χ1n) is 12.2. The van der Waals surface area contributed by atoms with Crippen LogP contribution < -0.4 is 5.32 Å². The number of nitrogens with one attached hydrogen (secondary N) is 1. The summed E-state index contributed by atoms with van der Waals surface area (Å²) in [5.41, 5.74) is 3.22. The van der Waals surface area contributed by atoms with Gasteiger partial charge in [0.1, 0.15) is 5.75 Å². The molecule has 1 aliphatic rings. The molecule has 0 spiro atoms. The molecule has 1 atom stereocenters. The van der Waals surface area contributed by atoms with Gasteiger partial charge in [0.15, 0.2) is 0 Å². The van der Waals surface area contributed by atoms with Gasteiger partial charge in [0.2, 0.25) is 11.6 Å². The summed E-state index contributed by atoms with van der Waals surface area (Å²) in [6.07, 6.45) is 14.9. The predicted molar refractivity (Wildman–Crippen MR) is 145 cm³/mol. The van der Waals surface area contributed by atoms with E-state index < -0.39 is 17.5 Å². The number of hydrogen-bond donors (Lipinski definition) is 3. The van der Waals surface area contributed by atoms with E-state index in [4.69, 9.17) is 0 Å². The summed E-state index contributed by atoms with van der Waals surface area (Å²) in [6.45, 7) is 10.6. The van der Waals surface area contributed by atoms with Gasteiger partial charge in [0.25, 0.3) is 0 Å². The molecule has 0 bridgehead atoms. The Balaban J connectivity index is 2.17. The van der Waals surface area contributed by atoms with Crippen molar-refractivity contribution in [1.29, 1.82) is 0 Å². The minimum Gasteiger partial charge on any atom is -0.508 e. The van der Waals surface area contributed by atoms with Gasteiger partial charge in [-0.15, -0.1) is 0 Å². The van der Waals surface area contributed by atoms with Crippen LogP contribution in [-0.2, 0) is 15.3 Å². The lowest BCUT2D eigenvalue weighted by molar-refractivity contribution is -0.155. The van der Waals surface area contributed by atoms with Gasteiger partial charge >= 0.3 is 5.97 Å². The maximum absolute atomic E-state index is 12.8. The number of carboxylic acids is 1. The lowest BCUT2D eigenvalue weighted by atomic mass is 9.72. The number of allylic oxidation sites excluding steroid dienone is 9. The molecule has 0 saturated carbocycles. The highest BCUT2D eigenvalue weighted by Gasteiger charge is 2.44. The smallest absolute Gasteiger partial charge is 0.349 e. The molecule has 0 radical (unpaired) electrons. The largest absolute Gasteiger partial charge is 0.508 e. The highest BCUT2D eigenvalue weighted by atomic mass is 16.4. The number of hydrogen-bond acceptors (Lipinski definition) is 4. The van der Waals surface area contributed by atoms with Crippen molar-refractivity contribution in [3.63, 3.8) is 0 Å². The van der Waals surface area contributed by atoms with Gasteiger partial charge in [0.05, 0.1) is 0 Å². The molecule has 1 amide bonds. The molecule has 0 fully saturated rings. The van der Waals surface area contributed by atoms with Crippen LogP contribution in [0.25, 0.3) is 0 Å². The number of carbonyl (C=O) groups is 2. The standard InChI is InChI=1S/C30H40N2O4/c1-21(16-17-26-23(3)13-10-18-29(26,4)5)11-8-12-22(2)19-27(34)31-30(28(35)36,32(6)7)24-14-9-15-25(33)20-24/h8-9,11-12,14-17,19-20,33H,10,13,18H2,1-7H3,(H,31,34)(H,35,36). The Morgan fingerprint density at radius 3 is 2.42 bits per heavy atom. The Bertz CT molecular complexity index is 1140. The van der Waals surface area contributed by atoms with Crippen LogP contribution in [0.2, 0.25) is 0 Å². The van der Waals surface area contributed by atoms with Crippen LogP contribution >= 0.6 is 0 Å². The average molecular weight is 493 g/mol. The van der Waals surface area contributed by atoms with E-state index in [9.17, 15) is 19.8 Å². The van der Waals surface area contributed by atoms with Crippen molar-refractivity contribution in [3.8, 4) is 5.75 Å². The van der Waals surface area contributed by atoms with E-state index in [1.54, 1.807) is 33.2 Å². The second-order valence-corrected chi connectivity index (χ2v) is 10.4. The fourth-order valence-corrected chi connectivity index (χ4v) is 4.64. The monoisotopic (exact) mass is 492 g/mol. The Labute approximate surface area is 215 Å². The number of carboxylic acid groups (broad SMARTS) is 1. The molecule has 1 unspecified atom stereocenters. The zero-order chi connectivity index (χ0) is 27.1. The first-order valence-corrected chi connectivity index (χ1v) is 12.2. The van der Waals surface area contributed by atoms with E-state index in [0.717, 1.165) is 12.0 Å². The van der Waals surface area contributed by atoms with Crippen molar-refractivity contribution in [2.75, 3.05) is 14.1 Å². The summed E-state index contributed by atoms with van der Waals surface area (Å²) in [6, 6.07) is 5.87. The zero-order valence-corrected chi connectivity index (χ0v) is 22.6. The average Bonchev–Trinajstić information content (AvgIpc) is 2.76. The Morgan fingerprint density at radius 2 is 1.83 bits per heavy atom. The van der Waals surface area contributed by atoms with E-state index in [0.29, 0.717) is 5.57 Å². The quantitative estimate of drug-likeness (QED) is 0.229. The second-order valence-electron chi connectivity index (χ2n) is 10.4. The minimum atomic E-state index is -1.84. The molecule has 1 aliphatic carbocycles. The van der Waals surface area contributed by atoms with E-state index in [2.05, 4.69) is 38.2 Å². The van der Waals surface area contributed by atoms with Gasteiger partial charge in [-0.2, -0.15) is 0 Å². The van der Waals surface area contributed by atoms with Gasteiger partial charge < -0.3 is 15.5 Å². The third-order valence-electron chi connectivity index (χ3n) is 6.68. The van der Waals surface area contributed by atoms with E-state index in [-0.39, 0.29) is 16.7 Å². The first-order chi connectivity index (χ1) is 16.8. The SMILES string of the molecule is CC(C=CC1=C(C)CCCC1(C)C)=CC=CC(C)=CC(=O)NC(C(=O)O)(c1cccc(O)c1)N(C)C. The van der Waals surface area contributed by atoms with Crippen LogP contribution in [0, 0.1) is 5.41 Å². The summed E-state index contributed by atoms with van der Waals surface area (Å²) in [7, 11) is 3.12. The van der Waals surface area contributed by atoms with Crippen molar-refractivity contribution < 1.29 is 19.8 Å². The molecule has 0 saturated heterocycles. The summed E-state index contributed by atoms with van der Waals surface area (Å²) >= 11 is 0. The molecular formula is C30H40N2O4. The molecule has 0 aliphatic heterocycles. The number of benzene rings is 1. The molecule has 194 valence electrons. The zero-order valence-electron chi connectivity index (χ0n) is 22.6. The normalized spacial score (nSPS) is 18.7. The van der Waals surface area contributed by atoms with Crippen molar-refractivity contribution >= 4 is 11.9 Å². The number of aromatic hydroxyl groups is 1. The van der Waals surface area contributed by atoms with Crippen molar-refractivity contribution in [2.24, 2.45) is 5.41 Å². The van der Waals surface area contributed by atoms with Crippen molar-refractivity contribution in [3.05, 3.63) is 88.6 Å². The molecular weight excluding hydrogens is 452 g/mol. The predicted octanol–water partition coefficient (Wildman–Crippen LogP) is 5.84. The molecule has 6 nitrogen and oxygen atoms in total. The van der Waals surface area contributed by atoms with Crippen LogP contribution in [0.3, 0.4) is 0 Å². The van der Waals surface area contributed by atoms with Crippen LogP contribution in [0.5, 0.6) is 5.75 Å². The number of amides is 1. The number of aliphatic carboxylic acids is 1. The first kappa shape index (κ1) is 28.9. The molecule has 0 heterocycles. The van der Waals surface area contributed by atoms with Crippen molar-refractivity contribution in [1.82, 2.24) is 10.2 Å². The number of phenols is 1. The summed E-state index contributed by atoms with van der Waals surface area (Å²) in [4.78, 5) is 26.5. The number of carbonyl (C=O) groups excluding carboxylic acids is 1. The molecule has 2 rings (SSSR count). The fraction of sp³-hybridized carbons (Fsp3) is 0.400.